The van der Waals surface area contributed by atoms with E-state index < -0.39 is 0 Å². The lowest BCUT2D eigenvalue weighted by Gasteiger charge is -2.31. The average molecular weight is 204 g/mol. The molecule has 1 aliphatic carbocycles. The second-order valence-electron chi connectivity index (χ2n) is 4.69. The molecule has 0 aromatic heterocycles. The zero-order valence-electron chi connectivity index (χ0n) is 9.45. The lowest BCUT2D eigenvalue weighted by atomic mass is 9.74. The first-order valence-corrected chi connectivity index (χ1v) is 6.01. The van der Waals surface area contributed by atoms with E-state index in [1.165, 1.54) is 24.0 Å². The summed E-state index contributed by atoms with van der Waals surface area (Å²) in [6.07, 6.45) is 4.60. The van der Waals surface area contributed by atoms with Crippen LogP contribution >= 0.6 is 0 Å². The minimum atomic E-state index is 0.325. The Labute approximate surface area is 92.1 Å². The van der Waals surface area contributed by atoms with E-state index in [9.17, 15) is 0 Å². The van der Waals surface area contributed by atoms with Crippen LogP contribution in [0.25, 0.3) is 0 Å². The summed E-state index contributed by atoms with van der Waals surface area (Å²) in [5, 5.41) is 8.93. The van der Waals surface area contributed by atoms with Gasteiger partial charge in [-0.1, -0.05) is 31.2 Å². The van der Waals surface area contributed by atoms with Crippen molar-refractivity contribution in [2.24, 2.45) is 5.92 Å². The van der Waals surface area contributed by atoms with Gasteiger partial charge in [0.15, 0.2) is 0 Å². The first kappa shape index (κ1) is 10.7. The summed E-state index contributed by atoms with van der Waals surface area (Å²) in [5.41, 5.74) is 3.06. The van der Waals surface area contributed by atoms with Gasteiger partial charge in [0.1, 0.15) is 0 Å². The molecule has 0 aliphatic heterocycles. The largest absolute Gasteiger partial charge is 0.396 e. The van der Waals surface area contributed by atoms with Crippen LogP contribution in [0.4, 0.5) is 0 Å². The molecule has 1 heteroatoms. The Balaban J connectivity index is 2.21. The summed E-state index contributed by atoms with van der Waals surface area (Å²) in [5.74, 6) is 1.44. The van der Waals surface area contributed by atoms with E-state index in [-0.39, 0.29) is 0 Å². The fraction of sp³-hybridized carbons (Fsp3) is 0.571. The fourth-order valence-corrected chi connectivity index (χ4v) is 2.77. The van der Waals surface area contributed by atoms with Crippen molar-refractivity contribution in [3.05, 3.63) is 35.4 Å². The maximum absolute atomic E-state index is 8.93. The molecule has 0 spiro atoms. The molecule has 0 radical (unpaired) electrons. The smallest absolute Gasteiger partial charge is 0.0431 e. The van der Waals surface area contributed by atoms with Gasteiger partial charge in [0, 0.05) is 6.61 Å². The summed E-state index contributed by atoms with van der Waals surface area (Å²) in [4.78, 5) is 0. The molecule has 1 aliphatic rings. The number of benzene rings is 1. The van der Waals surface area contributed by atoms with Crippen molar-refractivity contribution >= 4 is 0 Å². The van der Waals surface area contributed by atoms with Crippen molar-refractivity contribution in [3.8, 4) is 0 Å². The summed E-state index contributed by atoms with van der Waals surface area (Å²) < 4.78 is 0. The van der Waals surface area contributed by atoms with E-state index in [1.807, 2.05) is 0 Å². The van der Waals surface area contributed by atoms with Crippen molar-refractivity contribution in [1.29, 1.82) is 0 Å². The van der Waals surface area contributed by atoms with Crippen molar-refractivity contribution in [2.75, 3.05) is 6.61 Å². The van der Waals surface area contributed by atoms with Crippen LogP contribution in [0.5, 0.6) is 0 Å². The van der Waals surface area contributed by atoms with E-state index in [1.54, 1.807) is 0 Å². The number of hydrogen-bond acceptors (Lipinski definition) is 1. The zero-order chi connectivity index (χ0) is 10.7. The molecule has 82 valence electrons. The quantitative estimate of drug-likeness (QED) is 0.802. The number of aliphatic hydroxyl groups is 1. The molecule has 1 N–H and O–H groups in total. The van der Waals surface area contributed by atoms with Crippen molar-refractivity contribution < 1.29 is 5.11 Å². The summed E-state index contributed by atoms with van der Waals surface area (Å²) in [7, 11) is 0. The highest BCUT2D eigenvalue weighted by Crippen LogP contribution is 2.38. The molecule has 2 atom stereocenters. The first-order chi connectivity index (χ1) is 7.33. The van der Waals surface area contributed by atoms with Gasteiger partial charge < -0.3 is 5.11 Å². The fourth-order valence-electron chi connectivity index (χ4n) is 2.77. The molecule has 1 aromatic rings. The van der Waals surface area contributed by atoms with Gasteiger partial charge in [-0.3, -0.25) is 0 Å². The lowest BCUT2D eigenvalue weighted by molar-refractivity contribution is 0.266. The zero-order valence-corrected chi connectivity index (χ0v) is 9.45. The first-order valence-electron chi connectivity index (χ1n) is 6.01. The Hall–Kier alpha value is -0.820. The standard InChI is InChI=1S/C14H20O/c1-11-8-9-12-5-2-3-6-14(12)13(11)7-4-10-15/h2-3,5-6,11,13,15H,4,7-10H2,1H3. The number of aliphatic hydroxyl groups excluding tert-OH is 1. The van der Waals surface area contributed by atoms with E-state index in [0.29, 0.717) is 12.5 Å². The number of aryl methyl sites for hydroxylation is 1. The predicted octanol–water partition coefficient (Wildman–Crippen LogP) is 3.13. The molecule has 1 aromatic carbocycles. The molecule has 0 fully saturated rings. The highest BCUT2D eigenvalue weighted by Gasteiger charge is 2.25. The molecule has 0 bridgehead atoms. The third kappa shape index (κ3) is 2.23. The Morgan fingerprint density at radius 2 is 2.13 bits per heavy atom. The van der Waals surface area contributed by atoms with Gasteiger partial charge in [-0.2, -0.15) is 0 Å². The molecule has 0 saturated carbocycles. The maximum Gasteiger partial charge on any atom is 0.0431 e. The van der Waals surface area contributed by atoms with E-state index >= 15 is 0 Å². The lowest BCUT2D eigenvalue weighted by Crippen LogP contribution is -2.18. The van der Waals surface area contributed by atoms with Gasteiger partial charge in [-0.05, 0) is 48.6 Å². The monoisotopic (exact) mass is 204 g/mol. The molecule has 2 rings (SSSR count). The average Bonchev–Trinajstić information content (AvgIpc) is 2.28. The maximum atomic E-state index is 8.93. The molecular weight excluding hydrogens is 184 g/mol. The second kappa shape index (κ2) is 4.80. The van der Waals surface area contributed by atoms with Crippen LogP contribution in [0.2, 0.25) is 0 Å². The van der Waals surface area contributed by atoms with Crippen molar-refractivity contribution in [1.82, 2.24) is 0 Å². The minimum Gasteiger partial charge on any atom is -0.396 e. The number of rotatable bonds is 3. The van der Waals surface area contributed by atoms with Gasteiger partial charge in [-0.15, -0.1) is 0 Å². The summed E-state index contributed by atoms with van der Waals surface area (Å²) in [6.45, 7) is 2.67. The third-order valence-electron chi connectivity index (χ3n) is 3.68. The highest BCUT2D eigenvalue weighted by molar-refractivity contribution is 5.33. The van der Waals surface area contributed by atoms with E-state index in [2.05, 4.69) is 31.2 Å². The van der Waals surface area contributed by atoms with E-state index in [4.69, 9.17) is 5.11 Å². The van der Waals surface area contributed by atoms with Crippen LogP contribution in [-0.4, -0.2) is 11.7 Å². The van der Waals surface area contributed by atoms with Crippen LogP contribution in [-0.2, 0) is 6.42 Å². The predicted molar refractivity (Wildman–Crippen MR) is 63.0 cm³/mol. The van der Waals surface area contributed by atoms with Gasteiger partial charge in [0.05, 0.1) is 0 Å². The van der Waals surface area contributed by atoms with Crippen molar-refractivity contribution in [3.63, 3.8) is 0 Å². The Morgan fingerprint density at radius 3 is 2.93 bits per heavy atom. The van der Waals surface area contributed by atoms with Gasteiger partial charge in [-0.25, -0.2) is 0 Å². The highest BCUT2D eigenvalue weighted by atomic mass is 16.2. The number of fused-ring (bicyclic) bond motifs is 1. The molecular formula is C14H20O. The molecule has 0 heterocycles. The third-order valence-corrected chi connectivity index (χ3v) is 3.68. The topological polar surface area (TPSA) is 20.2 Å². The van der Waals surface area contributed by atoms with Crippen LogP contribution < -0.4 is 0 Å². The molecule has 0 amide bonds. The van der Waals surface area contributed by atoms with E-state index in [0.717, 1.165) is 18.8 Å². The Kier molecular flexibility index (Phi) is 3.42. The molecule has 2 unspecified atom stereocenters. The summed E-state index contributed by atoms with van der Waals surface area (Å²) in [6, 6.07) is 8.81. The number of hydrogen-bond donors (Lipinski definition) is 1. The Morgan fingerprint density at radius 1 is 1.33 bits per heavy atom. The van der Waals surface area contributed by atoms with Crippen LogP contribution in [0.15, 0.2) is 24.3 Å². The molecule has 0 saturated heterocycles. The van der Waals surface area contributed by atoms with Crippen LogP contribution in [0.1, 0.15) is 43.2 Å². The van der Waals surface area contributed by atoms with Gasteiger partial charge in [0.25, 0.3) is 0 Å². The van der Waals surface area contributed by atoms with Crippen LogP contribution in [0, 0.1) is 5.92 Å². The summed E-state index contributed by atoms with van der Waals surface area (Å²) >= 11 is 0. The molecule has 1 nitrogen and oxygen atoms in total. The van der Waals surface area contributed by atoms with Gasteiger partial charge >= 0.3 is 0 Å². The SMILES string of the molecule is CC1CCc2ccccc2C1CCCO. The molecule has 15 heavy (non-hydrogen) atoms. The normalized spacial score (nSPS) is 24.9. The van der Waals surface area contributed by atoms with Crippen molar-refractivity contribution in [2.45, 2.75) is 38.5 Å². The van der Waals surface area contributed by atoms with Gasteiger partial charge in [0.2, 0.25) is 0 Å². The second-order valence-corrected chi connectivity index (χ2v) is 4.69. The minimum absolute atomic E-state index is 0.325. The van der Waals surface area contributed by atoms with Crippen LogP contribution in [0.3, 0.4) is 0 Å². The Bertz CT molecular complexity index is 319.